The molecule has 3 rings (SSSR count). The largest absolute Gasteiger partial charge is 0.378 e. The molecule has 1 saturated carbocycles. The summed E-state index contributed by atoms with van der Waals surface area (Å²) >= 11 is 0. The summed E-state index contributed by atoms with van der Waals surface area (Å²) in [7, 11) is 0. The molecule has 2 saturated heterocycles. The molecule has 0 bridgehead atoms. The van der Waals surface area contributed by atoms with Crippen molar-refractivity contribution in [3.63, 3.8) is 0 Å². The molecule has 0 atom stereocenters. The summed E-state index contributed by atoms with van der Waals surface area (Å²) in [4.78, 5) is 30.6. The van der Waals surface area contributed by atoms with Crippen molar-refractivity contribution in [3.8, 4) is 0 Å². The molecular formula is C17H30N4O3. The van der Waals surface area contributed by atoms with Crippen LogP contribution in [0.15, 0.2) is 0 Å². The van der Waals surface area contributed by atoms with Crippen LogP contribution in [0.25, 0.3) is 0 Å². The van der Waals surface area contributed by atoms with Crippen LogP contribution in [0.5, 0.6) is 0 Å². The van der Waals surface area contributed by atoms with Gasteiger partial charge in [-0.05, 0) is 12.8 Å². The van der Waals surface area contributed by atoms with Crippen molar-refractivity contribution >= 4 is 11.8 Å². The molecule has 2 aliphatic heterocycles. The van der Waals surface area contributed by atoms with E-state index in [-0.39, 0.29) is 11.8 Å². The van der Waals surface area contributed by atoms with Gasteiger partial charge in [0.1, 0.15) is 0 Å². The molecule has 136 valence electrons. The molecule has 0 aromatic carbocycles. The predicted molar refractivity (Wildman–Crippen MR) is 90.7 cm³/mol. The summed E-state index contributed by atoms with van der Waals surface area (Å²) < 4.78 is 5.29. The van der Waals surface area contributed by atoms with E-state index in [2.05, 4.69) is 15.1 Å². The third kappa shape index (κ3) is 5.16. The van der Waals surface area contributed by atoms with Crippen molar-refractivity contribution in [2.45, 2.75) is 31.7 Å². The lowest BCUT2D eigenvalue weighted by atomic mass is 10.2. The third-order valence-corrected chi connectivity index (χ3v) is 5.28. The van der Waals surface area contributed by atoms with E-state index >= 15 is 0 Å². The van der Waals surface area contributed by atoms with Crippen LogP contribution in [0, 0.1) is 0 Å². The van der Waals surface area contributed by atoms with Gasteiger partial charge in [0.25, 0.3) is 0 Å². The fourth-order valence-electron chi connectivity index (χ4n) is 3.76. The zero-order chi connectivity index (χ0) is 16.8. The molecule has 1 aliphatic carbocycles. The number of piperazine rings is 1. The van der Waals surface area contributed by atoms with Crippen molar-refractivity contribution in [3.05, 3.63) is 0 Å². The topological polar surface area (TPSA) is 65.1 Å². The van der Waals surface area contributed by atoms with Crippen molar-refractivity contribution in [2.75, 3.05) is 65.6 Å². The number of morpholine rings is 1. The van der Waals surface area contributed by atoms with Crippen LogP contribution in [-0.4, -0.2) is 98.1 Å². The van der Waals surface area contributed by atoms with E-state index in [0.29, 0.717) is 45.4 Å². The van der Waals surface area contributed by atoms with Gasteiger partial charge >= 0.3 is 0 Å². The standard InChI is InChI=1S/C17H30N4O3/c22-16(18-15-3-1-2-4-15)13-19-5-7-20(8-6-19)14-17(23)21-9-11-24-12-10-21/h15H,1-14H2,(H,18,22). The molecule has 0 aromatic heterocycles. The Balaban J connectivity index is 1.33. The molecule has 0 radical (unpaired) electrons. The van der Waals surface area contributed by atoms with Crippen molar-refractivity contribution in [1.82, 2.24) is 20.0 Å². The summed E-state index contributed by atoms with van der Waals surface area (Å²) in [5, 5.41) is 3.15. The van der Waals surface area contributed by atoms with E-state index in [0.717, 1.165) is 39.0 Å². The van der Waals surface area contributed by atoms with Crippen LogP contribution in [0.1, 0.15) is 25.7 Å². The molecule has 0 unspecified atom stereocenters. The van der Waals surface area contributed by atoms with E-state index in [4.69, 9.17) is 4.74 Å². The minimum atomic E-state index is 0.153. The normalized spacial score (nSPS) is 24.2. The number of hydrogen-bond acceptors (Lipinski definition) is 5. The Morgan fingerprint density at radius 3 is 2.08 bits per heavy atom. The van der Waals surface area contributed by atoms with Gasteiger partial charge in [0, 0.05) is 45.3 Å². The lowest BCUT2D eigenvalue weighted by molar-refractivity contribution is -0.137. The number of nitrogens with zero attached hydrogens (tertiary/aromatic N) is 3. The molecule has 3 aliphatic rings. The van der Waals surface area contributed by atoms with Gasteiger partial charge in [-0.2, -0.15) is 0 Å². The summed E-state index contributed by atoms with van der Waals surface area (Å²) in [5.74, 6) is 0.352. The maximum Gasteiger partial charge on any atom is 0.236 e. The number of ether oxygens (including phenoxy) is 1. The molecule has 7 heteroatoms. The van der Waals surface area contributed by atoms with Crippen LogP contribution in [0.4, 0.5) is 0 Å². The Morgan fingerprint density at radius 1 is 0.875 bits per heavy atom. The van der Waals surface area contributed by atoms with Crippen molar-refractivity contribution in [1.29, 1.82) is 0 Å². The van der Waals surface area contributed by atoms with Gasteiger partial charge in [0.15, 0.2) is 0 Å². The third-order valence-electron chi connectivity index (χ3n) is 5.28. The van der Waals surface area contributed by atoms with Gasteiger partial charge in [-0.15, -0.1) is 0 Å². The number of carbonyl (C=O) groups is 2. The Bertz CT molecular complexity index is 426. The average molecular weight is 338 g/mol. The summed E-state index contributed by atoms with van der Waals surface area (Å²) in [6, 6.07) is 0.393. The molecule has 0 spiro atoms. The highest BCUT2D eigenvalue weighted by Gasteiger charge is 2.24. The van der Waals surface area contributed by atoms with Gasteiger partial charge < -0.3 is 15.0 Å². The van der Waals surface area contributed by atoms with Crippen LogP contribution in [-0.2, 0) is 14.3 Å². The maximum absolute atomic E-state index is 12.3. The zero-order valence-corrected chi connectivity index (χ0v) is 14.5. The molecular weight excluding hydrogens is 308 g/mol. The number of carbonyl (C=O) groups excluding carboxylic acids is 2. The Morgan fingerprint density at radius 2 is 1.46 bits per heavy atom. The van der Waals surface area contributed by atoms with Crippen LogP contribution >= 0.6 is 0 Å². The van der Waals surface area contributed by atoms with Gasteiger partial charge in [-0.1, -0.05) is 12.8 Å². The first-order chi connectivity index (χ1) is 11.7. The lowest BCUT2D eigenvalue weighted by Gasteiger charge is -2.35. The minimum Gasteiger partial charge on any atom is -0.378 e. The van der Waals surface area contributed by atoms with Gasteiger partial charge in [0.2, 0.25) is 11.8 Å². The molecule has 7 nitrogen and oxygen atoms in total. The van der Waals surface area contributed by atoms with Gasteiger partial charge in [-0.25, -0.2) is 0 Å². The first kappa shape index (κ1) is 17.6. The van der Waals surface area contributed by atoms with Crippen molar-refractivity contribution < 1.29 is 14.3 Å². The highest BCUT2D eigenvalue weighted by molar-refractivity contribution is 5.79. The van der Waals surface area contributed by atoms with Gasteiger partial charge in [0.05, 0.1) is 26.3 Å². The molecule has 2 amide bonds. The SMILES string of the molecule is O=C(CN1CCN(CC(=O)N2CCOCC2)CC1)NC1CCCC1. The van der Waals surface area contributed by atoms with Crippen LogP contribution in [0.3, 0.4) is 0 Å². The minimum absolute atomic E-state index is 0.153. The van der Waals surface area contributed by atoms with Crippen LogP contribution < -0.4 is 5.32 Å². The van der Waals surface area contributed by atoms with E-state index in [9.17, 15) is 9.59 Å². The first-order valence-corrected chi connectivity index (χ1v) is 9.30. The smallest absolute Gasteiger partial charge is 0.236 e. The maximum atomic E-state index is 12.3. The fraction of sp³-hybridized carbons (Fsp3) is 0.882. The first-order valence-electron chi connectivity index (χ1n) is 9.30. The summed E-state index contributed by atoms with van der Waals surface area (Å²) in [5.41, 5.74) is 0. The number of nitrogens with one attached hydrogen (secondary N) is 1. The lowest BCUT2D eigenvalue weighted by Crippen LogP contribution is -2.53. The fourth-order valence-corrected chi connectivity index (χ4v) is 3.76. The van der Waals surface area contributed by atoms with Gasteiger partial charge in [-0.3, -0.25) is 19.4 Å². The summed E-state index contributed by atoms with van der Waals surface area (Å²) in [6.45, 7) is 7.11. The monoisotopic (exact) mass is 338 g/mol. The quantitative estimate of drug-likeness (QED) is 0.734. The molecule has 1 N–H and O–H groups in total. The van der Waals surface area contributed by atoms with Crippen LogP contribution in [0.2, 0.25) is 0 Å². The molecule has 3 fully saturated rings. The van der Waals surface area contributed by atoms with Crippen molar-refractivity contribution in [2.24, 2.45) is 0 Å². The van der Waals surface area contributed by atoms with E-state index < -0.39 is 0 Å². The van der Waals surface area contributed by atoms with E-state index in [1.165, 1.54) is 12.8 Å². The highest BCUT2D eigenvalue weighted by atomic mass is 16.5. The highest BCUT2D eigenvalue weighted by Crippen LogP contribution is 2.17. The van der Waals surface area contributed by atoms with E-state index in [1.807, 2.05) is 4.90 Å². The number of hydrogen-bond donors (Lipinski definition) is 1. The molecule has 2 heterocycles. The second-order valence-electron chi connectivity index (χ2n) is 7.09. The Hall–Kier alpha value is -1.18. The second-order valence-corrected chi connectivity index (χ2v) is 7.09. The number of amides is 2. The number of rotatable bonds is 5. The Kier molecular flexibility index (Phi) is 6.45. The Labute approximate surface area is 144 Å². The molecule has 24 heavy (non-hydrogen) atoms. The van der Waals surface area contributed by atoms with E-state index in [1.54, 1.807) is 0 Å². The second kappa shape index (κ2) is 8.78. The summed E-state index contributed by atoms with van der Waals surface area (Å²) in [6.07, 6.45) is 4.73. The average Bonchev–Trinajstić information content (AvgIpc) is 3.10. The molecule has 0 aromatic rings. The predicted octanol–water partition coefficient (Wildman–Crippen LogP) is -0.478. The zero-order valence-electron chi connectivity index (χ0n) is 14.5.